The number of hydrogen-bond donors (Lipinski definition) is 1. The number of carbonyl (C=O) groups is 1. The molecule has 0 bridgehead atoms. The van der Waals surface area contributed by atoms with Gasteiger partial charge in [0.2, 0.25) is 0 Å². The van der Waals surface area contributed by atoms with E-state index in [0.717, 1.165) is 15.3 Å². The summed E-state index contributed by atoms with van der Waals surface area (Å²) in [5, 5.41) is 3.67. The molecule has 28 heavy (non-hydrogen) atoms. The van der Waals surface area contributed by atoms with Crippen molar-refractivity contribution in [2.45, 2.75) is 38.1 Å². The normalized spacial score (nSPS) is 14.8. The van der Waals surface area contributed by atoms with Gasteiger partial charge < -0.3 is 15.0 Å². The standard InChI is InChI=1S/C21H24N4O2S/c1-22-20(26)16-10-11-23-13-18(16)27-15-8-9-17-19(12-15)28-21(24-17)25(2)14-6-4-3-5-7-14/h8-14H,3-7H2,1-2H3,(H,22,26). The molecule has 6 nitrogen and oxygen atoms in total. The zero-order valence-electron chi connectivity index (χ0n) is 16.1. The van der Waals surface area contributed by atoms with Crippen LogP contribution in [-0.2, 0) is 0 Å². The molecule has 146 valence electrons. The predicted octanol–water partition coefficient (Wildman–Crippen LogP) is 4.61. The van der Waals surface area contributed by atoms with E-state index in [2.05, 4.69) is 22.2 Å². The van der Waals surface area contributed by atoms with Gasteiger partial charge in [0, 0.05) is 32.4 Å². The molecule has 1 aliphatic rings. The van der Waals surface area contributed by atoms with Gasteiger partial charge in [-0.25, -0.2) is 4.98 Å². The Morgan fingerprint density at radius 2 is 2.07 bits per heavy atom. The van der Waals surface area contributed by atoms with E-state index >= 15 is 0 Å². The first-order valence-corrected chi connectivity index (χ1v) is 10.4. The van der Waals surface area contributed by atoms with Crippen LogP contribution in [0.2, 0.25) is 0 Å². The molecule has 1 amide bonds. The molecule has 2 heterocycles. The SMILES string of the molecule is CNC(=O)c1ccncc1Oc1ccc2nc(N(C)C3CCCCC3)sc2c1. The molecular formula is C21H24N4O2S. The zero-order chi connectivity index (χ0) is 19.5. The van der Waals surface area contributed by atoms with E-state index in [4.69, 9.17) is 9.72 Å². The van der Waals surface area contributed by atoms with E-state index in [1.807, 2.05) is 18.2 Å². The average molecular weight is 397 g/mol. The van der Waals surface area contributed by atoms with Gasteiger partial charge in [-0.1, -0.05) is 30.6 Å². The van der Waals surface area contributed by atoms with Crippen molar-refractivity contribution in [1.82, 2.24) is 15.3 Å². The maximum Gasteiger partial charge on any atom is 0.254 e. The monoisotopic (exact) mass is 396 g/mol. The number of hydrogen-bond acceptors (Lipinski definition) is 6. The van der Waals surface area contributed by atoms with E-state index in [1.54, 1.807) is 36.8 Å². The van der Waals surface area contributed by atoms with Crippen LogP contribution >= 0.6 is 11.3 Å². The molecule has 0 aliphatic heterocycles. The third-order valence-electron chi connectivity index (χ3n) is 5.26. The number of aromatic nitrogens is 2. The predicted molar refractivity (Wildman–Crippen MR) is 113 cm³/mol. The van der Waals surface area contributed by atoms with E-state index in [9.17, 15) is 4.79 Å². The molecule has 0 radical (unpaired) electrons. The van der Waals surface area contributed by atoms with Crippen molar-refractivity contribution in [2.75, 3.05) is 19.0 Å². The van der Waals surface area contributed by atoms with Crippen LogP contribution in [-0.4, -0.2) is 36.0 Å². The van der Waals surface area contributed by atoms with Crippen LogP contribution in [0.1, 0.15) is 42.5 Å². The summed E-state index contributed by atoms with van der Waals surface area (Å²) in [7, 11) is 3.75. The van der Waals surface area contributed by atoms with Crippen molar-refractivity contribution < 1.29 is 9.53 Å². The molecule has 7 heteroatoms. The van der Waals surface area contributed by atoms with Crippen LogP contribution in [0, 0.1) is 0 Å². The summed E-state index contributed by atoms with van der Waals surface area (Å²) in [5.41, 5.74) is 1.42. The molecule has 0 unspecified atom stereocenters. The van der Waals surface area contributed by atoms with Gasteiger partial charge in [0.1, 0.15) is 5.75 Å². The van der Waals surface area contributed by atoms with Gasteiger partial charge in [0.15, 0.2) is 10.9 Å². The molecular weight excluding hydrogens is 372 g/mol. The van der Waals surface area contributed by atoms with E-state index in [0.29, 0.717) is 23.1 Å². The van der Waals surface area contributed by atoms with Crippen molar-refractivity contribution >= 4 is 32.6 Å². The summed E-state index contributed by atoms with van der Waals surface area (Å²) in [6, 6.07) is 8.06. The van der Waals surface area contributed by atoms with Crippen molar-refractivity contribution in [1.29, 1.82) is 0 Å². The number of carbonyl (C=O) groups excluding carboxylic acids is 1. The van der Waals surface area contributed by atoms with Crippen LogP contribution < -0.4 is 15.0 Å². The molecule has 1 fully saturated rings. The molecule has 4 rings (SSSR count). The first-order valence-electron chi connectivity index (χ1n) is 9.63. The number of amides is 1. The highest BCUT2D eigenvalue weighted by molar-refractivity contribution is 7.22. The highest BCUT2D eigenvalue weighted by Gasteiger charge is 2.21. The lowest BCUT2D eigenvalue weighted by atomic mass is 9.95. The number of rotatable bonds is 5. The smallest absolute Gasteiger partial charge is 0.254 e. The third kappa shape index (κ3) is 3.80. The van der Waals surface area contributed by atoms with Crippen molar-refractivity contribution in [2.24, 2.45) is 0 Å². The summed E-state index contributed by atoms with van der Waals surface area (Å²) >= 11 is 1.68. The Labute approximate surface area is 168 Å². The number of ether oxygens (including phenoxy) is 1. The Balaban J connectivity index is 1.58. The summed E-state index contributed by atoms with van der Waals surface area (Å²) in [6.07, 6.45) is 9.57. The van der Waals surface area contributed by atoms with Gasteiger partial charge in [-0.2, -0.15) is 0 Å². The molecule has 1 aromatic carbocycles. The quantitative estimate of drug-likeness (QED) is 0.682. The topological polar surface area (TPSA) is 67.3 Å². The van der Waals surface area contributed by atoms with E-state index in [-0.39, 0.29) is 5.91 Å². The molecule has 1 saturated carbocycles. The minimum absolute atomic E-state index is 0.201. The second-order valence-electron chi connectivity index (χ2n) is 7.08. The summed E-state index contributed by atoms with van der Waals surface area (Å²) in [6.45, 7) is 0. The summed E-state index contributed by atoms with van der Waals surface area (Å²) in [5.74, 6) is 0.902. The Hall–Kier alpha value is -2.67. The molecule has 1 aliphatic carbocycles. The summed E-state index contributed by atoms with van der Waals surface area (Å²) in [4.78, 5) is 23.2. The molecule has 0 saturated heterocycles. The van der Waals surface area contributed by atoms with Gasteiger partial charge in [-0.3, -0.25) is 9.78 Å². The van der Waals surface area contributed by atoms with Crippen LogP contribution in [0.4, 0.5) is 5.13 Å². The Kier molecular flexibility index (Phi) is 5.43. The first-order chi connectivity index (χ1) is 13.7. The molecule has 1 N–H and O–H groups in total. The van der Waals surface area contributed by atoms with Crippen LogP contribution in [0.25, 0.3) is 10.2 Å². The number of nitrogens with one attached hydrogen (secondary N) is 1. The van der Waals surface area contributed by atoms with Gasteiger partial charge >= 0.3 is 0 Å². The Morgan fingerprint density at radius 3 is 2.86 bits per heavy atom. The maximum atomic E-state index is 12.0. The lowest BCUT2D eigenvalue weighted by Crippen LogP contribution is -2.33. The summed E-state index contributed by atoms with van der Waals surface area (Å²) < 4.78 is 7.04. The third-order valence-corrected chi connectivity index (χ3v) is 6.37. The molecule has 3 aromatic rings. The van der Waals surface area contributed by atoms with Crippen molar-refractivity contribution in [3.63, 3.8) is 0 Å². The maximum absolute atomic E-state index is 12.0. The number of nitrogens with zero attached hydrogens (tertiary/aromatic N) is 3. The molecule has 0 spiro atoms. The highest BCUT2D eigenvalue weighted by Crippen LogP contribution is 2.35. The minimum atomic E-state index is -0.201. The number of benzene rings is 1. The van der Waals surface area contributed by atoms with Gasteiger partial charge in [-0.15, -0.1) is 0 Å². The van der Waals surface area contributed by atoms with Gasteiger partial charge in [0.05, 0.1) is 22.0 Å². The fraction of sp³-hybridized carbons (Fsp3) is 0.381. The van der Waals surface area contributed by atoms with E-state index in [1.165, 1.54) is 32.1 Å². The minimum Gasteiger partial charge on any atom is -0.455 e. The van der Waals surface area contributed by atoms with Crippen LogP contribution in [0.3, 0.4) is 0 Å². The fourth-order valence-corrected chi connectivity index (χ4v) is 4.67. The lowest BCUT2D eigenvalue weighted by Gasteiger charge is -2.30. The molecule has 0 atom stereocenters. The van der Waals surface area contributed by atoms with Crippen LogP contribution in [0.5, 0.6) is 11.5 Å². The second-order valence-corrected chi connectivity index (χ2v) is 8.09. The number of fused-ring (bicyclic) bond motifs is 1. The highest BCUT2D eigenvalue weighted by atomic mass is 32.1. The largest absolute Gasteiger partial charge is 0.455 e. The van der Waals surface area contributed by atoms with Crippen molar-refractivity contribution in [3.05, 3.63) is 42.2 Å². The Morgan fingerprint density at radius 1 is 1.25 bits per heavy atom. The number of anilines is 1. The second kappa shape index (κ2) is 8.14. The van der Waals surface area contributed by atoms with Crippen LogP contribution in [0.15, 0.2) is 36.7 Å². The number of pyridine rings is 1. The van der Waals surface area contributed by atoms with Gasteiger partial charge in [0.25, 0.3) is 5.91 Å². The first kappa shape index (κ1) is 18.7. The molecule has 2 aromatic heterocycles. The lowest BCUT2D eigenvalue weighted by molar-refractivity contribution is 0.0960. The zero-order valence-corrected chi connectivity index (χ0v) is 17.0. The van der Waals surface area contributed by atoms with E-state index < -0.39 is 0 Å². The van der Waals surface area contributed by atoms with Gasteiger partial charge in [-0.05, 0) is 31.0 Å². The Bertz CT molecular complexity index is 981. The fourth-order valence-electron chi connectivity index (χ4n) is 3.64. The average Bonchev–Trinajstić information content (AvgIpc) is 3.17. The van der Waals surface area contributed by atoms with Crippen molar-refractivity contribution in [3.8, 4) is 11.5 Å². The number of thiazole rings is 1.